The van der Waals surface area contributed by atoms with Gasteiger partial charge < -0.3 is 5.32 Å². The highest BCUT2D eigenvalue weighted by molar-refractivity contribution is 5.55. The van der Waals surface area contributed by atoms with Crippen molar-refractivity contribution in [3.05, 3.63) is 40.5 Å². The maximum Gasteiger partial charge on any atom is -0.00115 e. The van der Waals surface area contributed by atoms with Crippen molar-refractivity contribution >= 4 is 6.08 Å². The standard InChI is InChI=1S/C15H21N/c1-12-8-13(2)10-15(9-12)11-14-4-3-6-16-7-5-14/h8-11,16H,3-7H2,1-2H3/b14-11-. The fourth-order valence-corrected chi connectivity index (χ4v) is 2.41. The summed E-state index contributed by atoms with van der Waals surface area (Å²) in [5, 5.41) is 3.44. The van der Waals surface area contributed by atoms with Crippen LogP contribution in [-0.2, 0) is 0 Å². The second-order valence-electron chi connectivity index (χ2n) is 4.83. The lowest BCUT2D eigenvalue weighted by Gasteiger charge is -2.04. The van der Waals surface area contributed by atoms with Crippen LogP contribution in [0.1, 0.15) is 36.0 Å². The number of rotatable bonds is 1. The monoisotopic (exact) mass is 215 g/mol. The molecule has 1 aromatic rings. The van der Waals surface area contributed by atoms with E-state index in [2.05, 4.69) is 43.4 Å². The topological polar surface area (TPSA) is 12.0 Å². The second kappa shape index (κ2) is 5.31. The molecule has 0 atom stereocenters. The molecule has 2 rings (SSSR count). The van der Waals surface area contributed by atoms with E-state index >= 15 is 0 Å². The van der Waals surface area contributed by atoms with Crippen LogP contribution in [0.15, 0.2) is 23.8 Å². The summed E-state index contributed by atoms with van der Waals surface area (Å²) in [6.45, 7) is 6.65. The molecule has 0 unspecified atom stereocenters. The molecular weight excluding hydrogens is 194 g/mol. The highest BCUT2D eigenvalue weighted by Gasteiger charge is 2.03. The Morgan fingerprint density at radius 2 is 1.75 bits per heavy atom. The van der Waals surface area contributed by atoms with Gasteiger partial charge in [0.15, 0.2) is 0 Å². The smallest absolute Gasteiger partial charge is 0.00115 e. The molecule has 1 aliphatic rings. The normalized spacial score (nSPS) is 19.8. The molecule has 0 bridgehead atoms. The summed E-state index contributed by atoms with van der Waals surface area (Å²) in [5.41, 5.74) is 5.68. The molecular formula is C15H21N. The maximum atomic E-state index is 3.44. The quantitative estimate of drug-likeness (QED) is 0.756. The minimum atomic E-state index is 1.14. The lowest BCUT2D eigenvalue weighted by Crippen LogP contribution is -2.13. The van der Waals surface area contributed by atoms with E-state index in [9.17, 15) is 0 Å². The Hall–Kier alpha value is -1.08. The van der Waals surface area contributed by atoms with Crippen molar-refractivity contribution in [1.82, 2.24) is 5.32 Å². The van der Waals surface area contributed by atoms with Crippen molar-refractivity contribution in [2.24, 2.45) is 0 Å². The van der Waals surface area contributed by atoms with Gasteiger partial charge in [0.05, 0.1) is 0 Å². The van der Waals surface area contributed by atoms with Gasteiger partial charge >= 0.3 is 0 Å². The van der Waals surface area contributed by atoms with Crippen LogP contribution < -0.4 is 5.32 Å². The Morgan fingerprint density at radius 1 is 1.00 bits per heavy atom. The summed E-state index contributed by atoms with van der Waals surface area (Å²) >= 11 is 0. The third kappa shape index (κ3) is 3.21. The van der Waals surface area contributed by atoms with Crippen molar-refractivity contribution < 1.29 is 0 Å². The fraction of sp³-hybridized carbons (Fsp3) is 0.467. The minimum Gasteiger partial charge on any atom is -0.316 e. The molecule has 1 N–H and O–H groups in total. The van der Waals surface area contributed by atoms with Crippen LogP contribution in [0.25, 0.3) is 6.08 Å². The van der Waals surface area contributed by atoms with Gasteiger partial charge in [-0.25, -0.2) is 0 Å². The van der Waals surface area contributed by atoms with Crippen LogP contribution in [0.3, 0.4) is 0 Å². The molecule has 1 nitrogen and oxygen atoms in total. The van der Waals surface area contributed by atoms with E-state index in [0.29, 0.717) is 0 Å². The molecule has 1 saturated heterocycles. The van der Waals surface area contributed by atoms with E-state index in [4.69, 9.17) is 0 Å². The predicted molar refractivity (Wildman–Crippen MR) is 70.6 cm³/mol. The van der Waals surface area contributed by atoms with E-state index in [-0.39, 0.29) is 0 Å². The van der Waals surface area contributed by atoms with Gasteiger partial charge in [-0.2, -0.15) is 0 Å². The first-order valence-electron chi connectivity index (χ1n) is 6.22. The molecule has 1 heteroatoms. The second-order valence-corrected chi connectivity index (χ2v) is 4.83. The maximum absolute atomic E-state index is 3.44. The van der Waals surface area contributed by atoms with Gasteiger partial charge in [0, 0.05) is 0 Å². The van der Waals surface area contributed by atoms with E-state index in [0.717, 1.165) is 6.54 Å². The summed E-state index contributed by atoms with van der Waals surface area (Å²) in [4.78, 5) is 0. The van der Waals surface area contributed by atoms with Crippen molar-refractivity contribution in [2.75, 3.05) is 13.1 Å². The highest BCUT2D eigenvalue weighted by Crippen LogP contribution is 2.18. The van der Waals surface area contributed by atoms with Gasteiger partial charge in [-0.3, -0.25) is 0 Å². The average Bonchev–Trinajstić information content (AvgIpc) is 2.44. The van der Waals surface area contributed by atoms with Gasteiger partial charge in [-0.15, -0.1) is 0 Å². The molecule has 1 heterocycles. The van der Waals surface area contributed by atoms with Crippen molar-refractivity contribution in [3.8, 4) is 0 Å². The Balaban J connectivity index is 2.19. The number of aryl methyl sites for hydroxylation is 2. The fourth-order valence-electron chi connectivity index (χ4n) is 2.41. The van der Waals surface area contributed by atoms with Crippen molar-refractivity contribution in [2.45, 2.75) is 33.1 Å². The third-order valence-corrected chi connectivity index (χ3v) is 3.09. The molecule has 1 fully saturated rings. The zero-order chi connectivity index (χ0) is 11.4. The van der Waals surface area contributed by atoms with Crippen LogP contribution >= 0.6 is 0 Å². The lowest BCUT2D eigenvalue weighted by atomic mass is 10.0. The number of nitrogens with one attached hydrogen (secondary N) is 1. The Kier molecular flexibility index (Phi) is 3.79. The molecule has 0 amide bonds. The molecule has 86 valence electrons. The SMILES string of the molecule is Cc1cc(C)cc(/C=C2/CCCNCC2)c1. The van der Waals surface area contributed by atoms with Crippen LogP contribution in [-0.4, -0.2) is 13.1 Å². The molecule has 0 aliphatic carbocycles. The van der Waals surface area contributed by atoms with Gasteiger partial charge in [-0.1, -0.05) is 41.0 Å². The van der Waals surface area contributed by atoms with E-state index in [1.807, 2.05) is 0 Å². The van der Waals surface area contributed by atoms with Crippen LogP contribution in [0.2, 0.25) is 0 Å². The highest BCUT2D eigenvalue weighted by atomic mass is 14.8. The van der Waals surface area contributed by atoms with E-state index < -0.39 is 0 Å². The first-order chi connectivity index (χ1) is 7.74. The zero-order valence-corrected chi connectivity index (χ0v) is 10.3. The summed E-state index contributed by atoms with van der Waals surface area (Å²) in [6.07, 6.45) is 6.11. The van der Waals surface area contributed by atoms with Crippen LogP contribution in [0, 0.1) is 13.8 Å². The van der Waals surface area contributed by atoms with Gasteiger partial charge in [0.25, 0.3) is 0 Å². The zero-order valence-electron chi connectivity index (χ0n) is 10.3. The number of benzene rings is 1. The third-order valence-electron chi connectivity index (χ3n) is 3.09. The Morgan fingerprint density at radius 3 is 2.50 bits per heavy atom. The molecule has 0 radical (unpaired) electrons. The number of hydrogen-bond acceptors (Lipinski definition) is 1. The molecule has 0 aromatic heterocycles. The van der Waals surface area contributed by atoms with Gasteiger partial charge in [0.1, 0.15) is 0 Å². The van der Waals surface area contributed by atoms with Crippen molar-refractivity contribution in [1.29, 1.82) is 0 Å². The first kappa shape index (κ1) is 11.4. The van der Waals surface area contributed by atoms with Gasteiger partial charge in [0.2, 0.25) is 0 Å². The molecule has 1 aromatic carbocycles. The molecule has 16 heavy (non-hydrogen) atoms. The van der Waals surface area contributed by atoms with E-state index in [1.165, 1.54) is 42.5 Å². The molecule has 0 spiro atoms. The van der Waals surface area contributed by atoms with Crippen molar-refractivity contribution in [3.63, 3.8) is 0 Å². The largest absolute Gasteiger partial charge is 0.316 e. The summed E-state index contributed by atoms with van der Waals surface area (Å²) in [7, 11) is 0. The van der Waals surface area contributed by atoms with Crippen LogP contribution in [0.4, 0.5) is 0 Å². The Labute approximate surface area is 98.6 Å². The van der Waals surface area contributed by atoms with Gasteiger partial charge in [-0.05, 0) is 51.8 Å². The predicted octanol–water partition coefficient (Wildman–Crippen LogP) is 3.46. The number of hydrogen-bond donors (Lipinski definition) is 1. The molecule has 1 aliphatic heterocycles. The molecule has 0 saturated carbocycles. The summed E-state index contributed by atoms with van der Waals surface area (Å²) in [6, 6.07) is 6.79. The summed E-state index contributed by atoms with van der Waals surface area (Å²) in [5.74, 6) is 0. The van der Waals surface area contributed by atoms with Crippen LogP contribution in [0.5, 0.6) is 0 Å². The van der Waals surface area contributed by atoms with E-state index in [1.54, 1.807) is 5.57 Å². The minimum absolute atomic E-state index is 1.14. The average molecular weight is 215 g/mol. The lowest BCUT2D eigenvalue weighted by molar-refractivity contribution is 0.703. The first-order valence-corrected chi connectivity index (χ1v) is 6.22. The Bertz CT molecular complexity index is 360. The summed E-state index contributed by atoms with van der Waals surface area (Å²) < 4.78 is 0.